The normalized spacial score (nSPS) is 23.9. The smallest absolute Gasteiger partial charge is 0.0362 e. The van der Waals surface area contributed by atoms with E-state index in [0.717, 1.165) is 49.8 Å². The summed E-state index contributed by atoms with van der Waals surface area (Å²) in [6.07, 6.45) is 20.9. The zero-order valence-electron chi connectivity index (χ0n) is 22.2. The zero-order chi connectivity index (χ0) is 25.0. The van der Waals surface area contributed by atoms with E-state index in [1.54, 1.807) is 5.57 Å². The van der Waals surface area contributed by atoms with Crippen LogP contribution in [0.3, 0.4) is 0 Å². The summed E-state index contributed by atoms with van der Waals surface area (Å²) in [4.78, 5) is 2.63. The van der Waals surface area contributed by atoms with Crippen molar-refractivity contribution in [3.8, 4) is 0 Å². The molecule has 2 N–H and O–H groups in total. The van der Waals surface area contributed by atoms with Gasteiger partial charge in [-0.15, -0.1) is 0 Å². The van der Waals surface area contributed by atoms with Gasteiger partial charge in [0.05, 0.1) is 0 Å². The van der Waals surface area contributed by atoms with Gasteiger partial charge in [0.15, 0.2) is 0 Å². The molecular formula is C31H43N3S2. The molecule has 1 unspecified atom stereocenters. The van der Waals surface area contributed by atoms with Crippen LogP contribution in [0.4, 0.5) is 0 Å². The molecule has 4 aliphatic rings. The van der Waals surface area contributed by atoms with Crippen LogP contribution in [0.25, 0.3) is 0 Å². The van der Waals surface area contributed by atoms with Crippen molar-refractivity contribution in [2.45, 2.75) is 51.6 Å². The van der Waals surface area contributed by atoms with Crippen molar-refractivity contribution < 1.29 is 0 Å². The molecule has 0 radical (unpaired) electrons. The van der Waals surface area contributed by atoms with Crippen LogP contribution in [0.1, 0.15) is 39.5 Å². The van der Waals surface area contributed by atoms with Gasteiger partial charge in [-0.1, -0.05) is 53.0 Å². The van der Waals surface area contributed by atoms with E-state index < -0.39 is 0 Å². The third-order valence-electron chi connectivity index (χ3n) is 7.12. The Morgan fingerprint density at radius 1 is 0.889 bits per heavy atom. The highest BCUT2D eigenvalue weighted by atomic mass is 32.2. The van der Waals surface area contributed by atoms with E-state index in [2.05, 4.69) is 95.1 Å². The predicted molar refractivity (Wildman–Crippen MR) is 161 cm³/mol. The van der Waals surface area contributed by atoms with Gasteiger partial charge >= 0.3 is 0 Å². The van der Waals surface area contributed by atoms with E-state index >= 15 is 0 Å². The van der Waals surface area contributed by atoms with Crippen LogP contribution in [0, 0.1) is 0 Å². The van der Waals surface area contributed by atoms with Crippen molar-refractivity contribution in [2.75, 3.05) is 55.7 Å². The van der Waals surface area contributed by atoms with Crippen molar-refractivity contribution in [3.63, 3.8) is 0 Å². The summed E-state index contributed by atoms with van der Waals surface area (Å²) in [5, 5.41) is 7.79. The van der Waals surface area contributed by atoms with Crippen LogP contribution in [-0.2, 0) is 0 Å². The van der Waals surface area contributed by atoms with Crippen molar-refractivity contribution in [1.82, 2.24) is 15.5 Å². The molecule has 0 bridgehead atoms. The van der Waals surface area contributed by atoms with Crippen LogP contribution in [0.5, 0.6) is 0 Å². The lowest BCUT2D eigenvalue weighted by atomic mass is 10.0. The van der Waals surface area contributed by atoms with Crippen LogP contribution in [0.15, 0.2) is 81.9 Å². The molecule has 3 aliphatic carbocycles. The Hall–Kier alpha value is -1.42. The molecule has 1 heterocycles. The molecule has 2 atom stereocenters. The molecule has 0 spiro atoms. The molecule has 0 aromatic rings. The van der Waals surface area contributed by atoms with Gasteiger partial charge in [0, 0.05) is 73.4 Å². The number of hydrogen-bond donors (Lipinski definition) is 2. The molecule has 36 heavy (non-hydrogen) atoms. The highest BCUT2D eigenvalue weighted by Crippen LogP contribution is 2.21. The fourth-order valence-corrected chi connectivity index (χ4v) is 6.67. The maximum absolute atomic E-state index is 3.91. The Labute approximate surface area is 227 Å². The molecule has 1 saturated heterocycles. The second-order valence-electron chi connectivity index (χ2n) is 10.3. The number of likely N-dealkylation sites (tertiary alicyclic amines) is 1. The Kier molecular flexibility index (Phi) is 11.6. The van der Waals surface area contributed by atoms with Gasteiger partial charge in [-0.05, 0) is 62.8 Å². The molecule has 0 aromatic heterocycles. The maximum Gasteiger partial charge on any atom is 0.0362 e. The highest BCUT2D eigenvalue weighted by molar-refractivity contribution is 7.99. The minimum atomic E-state index is 0.511. The first-order chi connectivity index (χ1) is 17.7. The third kappa shape index (κ3) is 9.47. The third-order valence-corrected chi connectivity index (χ3v) is 9.20. The summed E-state index contributed by atoms with van der Waals surface area (Å²) in [6.45, 7) is 9.77. The first kappa shape index (κ1) is 27.6. The van der Waals surface area contributed by atoms with Crippen molar-refractivity contribution in [3.05, 3.63) is 81.9 Å². The Morgan fingerprint density at radius 2 is 1.67 bits per heavy atom. The van der Waals surface area contributed by atoms with Gasteiger partial charge in [0.25, 0.3) is 0 Å². The van der Waals surface area contributed by atoms with Gasteiger partial charge in [-0.25, -0.2) is 0 Å². The average Bonchev–Trinajstić information content (AvgIpc) is 3.27. The summed E-state index contributed by atoms with van der Waals surface area (Å²) in [7, 11) is 0. The largest absolute Gasteiger partial charge is 0.310 e. The van der Waals surface area contributed by atoms with Crippen LogP contribution < -0.4 is 10.6 Å². The lowest BCUT2D eigenvalue weighted by Crippen LogP contribution is -2.48. The van der Waals surface area contributed by atoms with Crippen molar-refractivity contribution >= 4 is 23.5 Å². The van der Waals surface area contributed by atoms with E-state index in [9.17, 15) is 0 Å². The molecule has 0 saturated carbocycles. The van der Waals surface area contributed by atoms with Gasteiger partial charge in [0.2, 0.25) is 0 Å². The molecular weight excluding hydrogens is 478 g/mol. The number of rotatable bonds is 14. The second kappa shape index (κ2) is 15.1. The second-order valence-corrected chi connectivity index (χ2v) is 12.5. The number of hydrogen-bond acceptors (Lipinski definition) is 5. The Balaban J connectivity index is 1.19. The minimum Gasteiger partial charge on any atom is -0.310 e. The van der Waals surface area contributed by atoms with Gasteiger partial charge in [-0.3, -0.25) is 4.90 Å². The summed E-state index contributed by atoms with van der Waals surface area (Å²) in [6, 6.07) is 1.03. The molecule has 1 aliphatic heterocycles. The molecule has 0 aromatic carbocycles. The van der Waals surface area contributed by atoms with E-state index in [1.807, 2.05) is 11.8 Å². The first-order valence-corrected chi connectivity index (χ1v) is 15.9. The molecule has 5 heteroatoms. The topological polar surface area (TPSA) is 27.3 Å². The Morgan fingerprint density at radius 3 is 2.31 bits per heavy atom. The quantitative estimate of drug-likeness (QED) is 0.222. The standard InChI is InChI=1S/C31H43N3S2/c1-25-8-12-28(13-9-25)23-35-18-16-32-30-21-34(20-27-6-4-3-5-7-27)22-31(30)33-17-19-36-24-29-14-10-26(2)11-15-29/h4,6-8,10,12,14,30-33H,3,5,9,13,16-24H2,1-2H3/t30?,31-/m1/s1. The van der Waals surface area contributed by atoms with E-state index in [4.69, 9.17) is 0 Å². The number of nitrogens with zero attached hydrogens (tertiary/aromatic N) is 1. The van der Waals surface area contributed by atoms with E-state index in [0.29, 0.717) is 12.1 Å². The van der Waals surface area contributed by atoms with Crippen molar-refractivity contribution in [1.29, 1.82) is 0 Å². The Bertz CT molecular complexity index is 1000. The lowest BCUT2D eigenvalue weighted by Gasteiger charge is -2.21. The predicted octanol–water partition coefficient (Wildman–Crippen LogP) is 5.82. The van der Waals surface area contributed by atoms with Crippen LogP contribution in [0.2, 0.25) is 0 Å². The summed E-state index contributed by atoms with van der Waals surface area (Å²) in [5.74, 6) is 4.49. The number of allylic oxidation sites excluding steroid dienone is 8. The highest BCUT2D eigenvalue weighted by Gasteiger charge is 2.32. The minimum absolute atomic E-state index is 0.511. The molecule has 0 amide bonds. The number of thioether (sulfide) groups is 2. The van der Waals surface area contributed by atoms with E-state index in [1.165, 1.54) is 53.9 Å². The fourth-order valence-electron chi connectivity index (χ4n) is 4.97. The monoisotopic (exact) mass is 521 g/mol. The van der Waals surface area contributed by atoms with Gasteiger partial charge < -0.3 is 10.6 Å². The molecule has 3 nitrogen and oxygen atoms in total. The molecule has 1 fully saturated rings. The maximum atomic E-state index is 3.91. The summed E-state index contributed by atoms with van der Waals surface area (Å²) >= 11 is 4.06. The van der Waals surface area contributed by atoms with Crippen LogP contribution >= 0.6 is 23.5 Å². The van der Waals surface area contributed by atoms with Gasteiger partial charge in [0.1, 0.15) is 0 Å². The van der Waals surface area contributed by atoms with E-state index in [-0.39, 0.29) is 0 Å². The lowest BCUT2D eigenvalue weighted by molar-refractivity contribution is 0.353. The fraction of sp³-hybridized carbons (Fsp3) is 0.548. The first-order valence-electron chi connectivity index (χ1n) is 13.6. The number of nitrogens with one attached hydrogen (secondary N) is 2. The zero-order valence-corrected chi connectivity index (χ0v) is 23.8. The van der Waals surface area contributed by atoms with Crippen molar-refractivity contribution in [2.24, 2.45) is 0 Å². The average molecular weight is 522 g/mol. The summed E-state index contributed by atoms with van der Waals surface area (Å²) in [5.41, 5.74) is 13.5. The SMILES string of the molecule is CC1=C=C=C(CSCCN[C@@H]2CN(CC3=CCCC=C3)CC2NCCSCC2=CC=C(C)CC2)C=C1. The van der Waals surface area contributed by atoms with Gasteiger partial charge in [-0.2, -0.15) is 23.5 Å². The van der Waals surface area contributed by atoms with Crippen LogP contribution in [-0.4, -0.2) is 72.7 Å². The summed E-state index contributed by atoms with van der Waals surface area (Å²) < 4.78 is 0. The molecule has 4 rings (SSSR count). The molecule has 194 valence electrons.